The van der Waals surface area contributed by atoms with Gasteiger partial charge in [0.05, 0.1) is 18.0 Å². The smallest absolute Gasteiger partial charge is 0.416 e. The van der Waals surface area contributed by atoms with E-state index in [9.17, 15) is 41.4 Å². The van der Waals surface area contributed by atoms with Gasteiger partial charge in [0.1, 0.15) is 6.04 Å². The van der Waals surface area contributed by atoms with Gasteiger partial charge in [-0.05, 0) is 122 Å². The Hall–Kier alpha value is -4.32. The highest BCUT2D eigenvalue weighted by molar-refractivity contribution is 5.82. The van der Waals surface area contributed by atoms with Crippen molar-refractivity contribution < 1.29 is 36.6 Å². The van der Waals surface area contributed by atoms with Gasteiger partial charge in [0.2, 0.25) is 5.91 Å². The fraction of sp³-hybridized carbons (Fsp3) is 0.447. The average Bonchev–Trinajstić information content (AvgIpc) is 3.46. The first kappa shape index (κ1) is 38.5. The van der Waals surface area contributed by atoms with Crippen LogP contribution in [0.1, 0.15) is 89.7 Å². The van der Waals surface area contributed by atoms with Crippen molar-refractivity contribution in [2.75, 3.05) is 20.6 Å². The number of benzene rings is 2. The van der Waals surface area contributed by atoms with Crippen molar-refractivity contribution in [1.82, 2.24) is 14.8 Å². The number of rotatable bonds is 13. The van der Waals surface area contributed by atoms with Gasteiger partial charge in [-0.25, -0.2) is 0 Å². The number of nitrogens with one attached hydrogen (secondary N) is 1. The first-order valence-corrected chi connectivity index (χ1v) is 16.6. The number of carbonyl (C=O) groups excluding carboxylic acids is 1. The standard InChI is InChI=1S/C38H44F5N3O4/c1-21(2)12-32(46-20-26(10-11-45(5)6)30(18-34(46)47)38(41,42)43)37(50)44-31(19-35(48)49)27-16-25-8-7-9-28(25)29(17-27)36-22(3)13-24(14-23(36)4)15-33(39)40/h13-18,20-21,31-32H,7-12,19H2,1-6H3,(H,44,50)(H,48,49). The molecular formula is C38H44F5N3O4. The van der Waals surface area contributed by atoms with Crippen LogP contribution in [0.5, 0.6) is 0 Å². The van der Waals surface area contributed by atoms with E-state index in [4.69, 9.17) is 0 Å². The number of amides is 1. The number of pyridine rings is 1. The van der Waals surface area contributed by atoms with Crippen LogP contribution in [-0.4, -0.2) is 47.1 Å². The second-order valence-corrected chi connectivity index (χ2v) is 13.8. The monoisotopic (exact) mass is 701 g/mol. The lowest BCUT2D eigenvalue weighted by atomic mass is 9.86. The molecule has 4 rings (SSSR count). The molecule has 7 nitrogen and oxygen atoms in total. The lowest BCUT2D eigenvalue weighted by Crippen LogP contribution is -2.40. The predicted molar refractivity (Wildman–Crippen MR) is 183 cm³/mol. The van der Waals surface area contributed by atoms with Crippen LogP contribution >= 0.6 is 0 Å². The molecule has 1 aliphatic carbocycles. The second-order valence-electron chi connectivity index (χ2n) is 13.8. The summed E-state index contributed by atoms with van der Waals surface area (Å²) in [5.41, 5.74) is 3.94. The third-order valence-corrected chi connectivity index (χ3v) is 9.07. The Kier molecular flexibility index (Phi) is 12.1. The minimum absolute atomic E-state index is 0.0174. The first-order valence-electron chi connectivity index (χ1n) is 16.6. The van der Waals surface area contributed by atoms with Crippen LogP contribution in [0.15, 0.2) is 47.4 Å². The van der Waals surface area contributed by atoms with E-state index in [1.54, 1.807) is 31.1 Å². The van der Waals surface area contributed by atoms with Crippen molar-refractivity contribution in [3.05, 3.63) is 97.5 Å². The number of alkyl halides is 3. The number of carbonyl (C=O) groups is 2. The topological polar surface area (TPSA) is 91.6 Å². The summed E-state index contributed by atoms with van der Waals surface area (Å²) < 4.78 is 69.1. The zero-order chi connectivity index (χ0) is 37.1. The number of fused-ring (bicyclic) bond motifs is 1. The van der Waals surface area contributed by atoms with E-state index in [1.165, 1.54) is 0 Å². The number of aromatic nitrogens is 1. The molecule has 3 aromatic rings. The summed E-state index contributed by atoms with van der Waals surface area (Å²) in [6, 6.07) is 5.31. The molecule has 1 aliphatic rings. The van der Waals surface area contributed by atoms with Crippen molar-refractivity contribution in [3.63, 3.8) is 0 Å². The Bertz CT molecular complexity index is 1820. The maximum Gasteiger partial charge on any atom is 0.416 e. The molecule has 50 heavy (non-hydrogen) atoms. The molecule has 0 bridgehead atoms. The molecular weight excluding hydrogens is 657 g/mol. The summed E-state index contributed by atoms with van der Waals surface area (Å²) in [7, 11) is 3.43. The minimum Gasteiger partial charge on any atom is -0.481 e. The number of hydrogen-bond donors (Lipinski definition) is 2. The molecule has 2 unspecified atom stereocenters. The molecule has 0 spiro atoms. The Balaban J connectivity index is 1.81. The van der Waals surface area contributed by atoms with Crippen LogP contribution in [0.2, 0.25) is 0 Å². The van der Waals surface area contributed by atoms with E-state index in [2.05, 4.69) is 5.32 Å². The number of aliphatic carboxylic acids is 1. The first-order chi connectivity index (χ1) is 23.3. The van der Waals surface area contributed by atoms with Crippen molar-refractivity contribution in [3.8, 4) is 11.1 Å². The lowest BCUT2D eigenvalue weighted by Gasteiger charge is -2.27. The van der Waals surface area contributed by atoms with Gasteiger partial charge in [0.25, 0.3) is 11.6 Å². The lowest BCUT2D eigenvalue weighted by molar-refractivity contribution is -0.139. The van der Waals surface area contributed by atoms with Crippen molar-refractivity contribution in [2.24, 2.45) is 5.92 Å². The predicted octanol–water partition coefficient (Wildman–Crippen LogP) is 7.90. The summed E-state index contributed by atoms with van der Waals surface area (Å²) in [6.07, 6.45) is -2.73. The molecule has 2 N–H and O–H groups in total. The summed E-state index contributed by atoms with van der Waals surface area (Å²) in [4.78, 5) is 41.3. The van der Waals surface area contributed by atoms with E-state index < -0.39 is 53.8 Å². The molecule has 0 aliphatic heterocycles. The van der Waals surface area contributed by atoms with E-state index in [1.807, 2.05) is 39.8 Å². The van der Waals surface area contributed by atoms with Gasteiger partial charge in [0.15, 0.2) is 0 Å². The third-order valence-electron chi connectivity index (χ3n) is 9.07. The molecule has 1 amide bonds. The highest BCUT2D eigenvalue weighted by Gasteiger charge is 2.36. The molecule has 0 saturated heterocycles. The van der Waals surface area contributed by atoms with Gasteiger partial charge in [0, 0.05) is 24.9 Å². The summed E-state index contributed by atoms with van der Waals surface area (Å²) >= 11 is 0. The van der Waals surface area contributed by atoms with Crippen LogP contribution in [0, 0.1) is 19.8 Å². The van der Waals surface area contributed by atoms with Gasteiger partial charge < -0.3 is 19.9 Å². The number of halogens is 5. The molecule has 2 atom stereocenters. The van der Waals surface area contributed by atoms with E-state index in [0.29, 0.717) is 17.2 Å². The Morgan fingerprint density at radius 1 is 1.04 bits per heavy atom. The van der Waals surface area contributed by atoms with E-state index >= 15 is 0 Å². The second kappa shape index (κ2) is 15.7. The van der Waals surface area contributed by atoms with Crippen LogP contribution in [0.4, 0.5) is 22.0 Å². The zero-order valence-corrected chi connectivity index (χ0v) is 29.2. The highest BCUT2D eigenvalue weighted by Crippen LogP contribution is 2.40. The minimum atomic E-state index is -4.77. The van der Waals surface area contributed by atoms with Crippen molar-refractivity contribution in [1.29, 1.82) is 0 Å². The fourth-order valence-corrected chi connectivity index (χ4v) is 6.92. The number of carboxylic acids is 1. The SMILES string of the molecule is Cc1cc(C=C(F)F)cc(C)c1-c1cc(C(CC(=O)O)NC(=O)C(CC(C)C)n2cc(CCN(C)C)c(C(F)(F)F)cc2=O)cc2c1CCC2. The van der Waals surface area contributed by atoms with Crippen LogP contribution in [0.3, 0.4) is 0 Å². The van der Waals surface area contributed by atoms with Gasteiger partial charge in [-0.3, -0.25) is 14.4 Å². The zero-order valence-electron chi connectivity index (χ0n) is 29.2. The Morgan fingerprint density at radius 3 is 2.26 bits per heavy atom. The highest BCUT2D eigenvalue weighted by atomic mass is 19.4. The average molecular weight is 702 g/mol. The number of likely N-dealkylation sites (N-methyl/N-ethyl adjacent to an activating group) is 1. The fourth-order valence-electron chi connectivity index (χ4n) is 6.92. The van der Waals surface area contributed by atoms with Gasteiger partial charge >= 0.3 is 12.1 Å². The molecule has 0 radical (unpaired) electrons. The maximum absolute atomic E-state index is 14.1. The van der Waals surface area contributed by atoms with Crippen molar-refractivity contribution in [2.45, 2.75) is 84.5 Å². The Morgan fingerprint density at radius 2 is 1.70 bits per heavy atom. The van der Waals surface area contributed by atoms with Crippen LogP contribution in [0.25, 0.3) is 17.2 Å². The van der Waals surface area contributed by atoms with E-state index in [0.717, 1.165) is 69.5 Å². The number of nitrogens with zero attached hydrogens (tertiary/aromatic N) is 2. The summed E-state index contributed by atoms with van der Waals surface area (Å²) in [6.45, 7) is 7.56. The normalized spacial score (nSPS) is 14.1. The quantitative estimate of drug-likeness (QED) is 0.177. The number of aryl methyl sites for hydroxylation is 3. The van der Waals surface area contributed by atoms with Crippen molar-refractivity contribution >= 4 is 18.0 Å². The molecule has 0 saturated carbocycles. The summed E-state index contributed by atoms with van der Waals surface area (Å²) in [5.74, 6) is -2.03. The van der Waals surface area contributed by atoms with Crippen LogP contribution < -0.4 is 10.9 Å². The Labute approximate surface area is 288 Å². The molecule has 1 aromatic heterocycles. The largest absolute Gasteiger partial charge is 0.481 e. The molecule has 12 heteroatoms. The molecule has 270 valence electrons. The molecule has 0 fully saturated rings. The van der Waals surface area contributed by atoms with E-state index in [-0.39, 0.29) is 30.9 Å². The number of hydrogen-bond acceptors (Lipinski definition) is 4. The van der Waals surface area contributed by atoms with Gasteiger partial charge in [-0.15, -0.1) is 0 Å². The molecule has 1 heterocycles. The van der Waals surface area contributed by atoms with Gasteiger partial charge in [-0.2, -0.15) is 22.0 Å². The van der Waals surface area contributed by atoms with Crippen LogP contribution in [-0.2, 0) is 35.0 Å². The molecule has 2 aromatic carbocycles. The third kappa shape index (κ3) is 9.26. The summed E-state index contributed by atoms with van der Waals surface area (Å²) in [5, 5.41) is 12.8. The maximum atomic E-state index is 14.1. The number of carboxylic acid groups (broad SMARTS) is 1. The van der Waals surface area contributed by atoms with Gasteiger partial charge in [-0.1, -0.05) is 32.0 Å².